The second kappa shape index (κ2) is 15.5. The van der Waals surface area contributed by atoms with Gasteiger partial charge in [0.25, 0.3) is 10.1 Å². The van der Waals surface area contributed by atoms with Crippen LogP contribution in [0.15, 0.2) is 140 Å². The molecule has 4 aromatic carbocycles. The van der Waals surface area contributed by atoms with Crippen LogP contribution in [0.2, 0.25) is 0 Å². The predicted octanol–water partition coefficient (Wildman–Crippen LogP) is 8.65. The lowest BCUT2D eigenvalue weighted by Crippen LogP contribution is -2.27. The molecule has 0 bridgehead atoms. The van der Waals surface area contributed by atoms with Crippen molar-refractivity contribution in [3.05, 3.63) is 127 Å². The van der Waals surface area contributed by atoms with Gasteiger partial charge >= 0.3 is 0 Å². The summed E-state index contributed by atoms with van der Waals surface area (Å²) in [6.07, 6.45) is 2.02. The van der Waals surface area contributed by atoms with E-state index in [9.17, 15) is 13.0 Å². The molecule has 0 atom stereocenters. The summed E-state index contributed by atoms with van der Waals surface area (Å²) in [5.41, 5.74) is 3.57. The molecule has 0 unspecified atom stereocenters. The highest BCUT2D eigenvalue weighted by atomic mass is 32.2. The van der Waals surface area contributed by atoms with Gasteiger partial charge < -0.3 is 9.32 Å². The predicted molar refractivity (Wildman–Crippen MR) is 201 cm³/mol. The molecule has 6 rings (SSSR count). The van der Waals surface area contributed by atoms with Crippen molar-refractivity contribution in [2.24, 2.45) is 0 Å². The first-order chi connectivity index (χ1) is 23.3. The van der Waals surface area contributed by atoms with Gasteiger partial charge in [-0.25, -0.2) is 4.58 Å². The van der Waals surface area contributed by atoms with Gasteiger partial charge in [-0.05, 0) is 60.7 Å². The summed E-state index contributed by atoms with van der Waals surface area (Å²) in [6, 6.07) is 39.6. The lowest BCUT2D eigenvalue weighted by molar-refractivity contribution is 0.483. The van der Waals surface area contributed by atoms with Crippen LogP contribution in [0.1, 0.15) is 12.8 Å². The van der Waals surface area contributed by atoms with Crippen LogP contribution < -0.4 is 14.8 Å². The van der Waals surface area contributed by atoms with Gasteiger partial charge in [0, 0.05) is 75.5 Å². The topological polar surface area (TPSA) is 73.8 Å². The van der Waals surface area contributed by atoms with Crippen LogP contribution >= 0.6 is 23.5 Å². The van der Waals surface area contributed by atoms with Gasteiger partial charge in [-0.2, -0.15) is 8.42 Å². The molecule has 1 N–H and O–H groups in total. The molecule has 4 aromatic rings. The number of benzene rings is 5. The van der Waals surface area contributed by atoms with Crippen molar-refractivity contribution < 1.29 is 17.4 Å². The van der Waals surface area contributed by atoms with Gasteiger partial charge in [0.15, 0.2) is 0 Å². The van der Waals surface area contributed by atoms with E-state index >= 15 is 0 Å². The first-order valence-corrected chi connectivity index (χ1v) is 19.4. The van der Waals surface area contributed by atoms with E-state index in [1.165, 1.54) is 15.9 Å². The monoisotopic (exact) mass is 695 g/mol. The molecule has 0 saturated carbocycles. The molecular formula is C39H39N2O4S3+. The Morgan fingerprint density at radius 2 is 1.40 bits per heavy atom. The minimum Gasteiger partial charge on any atom is -0.456 e. The Hall–Kier alpha value is -4.02. The van der Waals surface area contributed by atoms with Crippen LogP contribution in [0.3, 0.4) is 0 Å². The van der Waals surface area contributed by atoms with Crippen LogP contribution in [0.4, 0.5) is 5.69 Å². The molecule has 48 heavy (non-hydrogen) atoms. The quantitative estimate of drug-likeness (QED) is 0.0426. The highest BCUT2D eigenvalue weighted by Crippen LogP contribution is 2.42. The number of nitrogens with zero attached hydrogens (tertiary/aromatic N) is 2. The smallest absolute Gasteiger partial charge is 0.295 e. The average Bonchev–Trinajstić information content (AvgIpc) is 3.10. The molecular weight excluding hydrogens is 657 g/mol. The fraction of sp³-hybridized carbons (Fsp3) is 0.205. The normalized spacial score (nSPS) is 12.4. The average molecular weight is 696 g/mol. The molecule has 0 saturated heterocycles. The molecule has 0 spiro atoms. The van der Waals surface area contributed by atoms with Gasteiger partial charge in [0.1, 0.15) is 29.8 Å². The van der Waals surface area contributed by atoms with Gasteiger partial charge in [-0.1, -0.05) is 54.6 Å². The van der Waals surface area contributed by atoms with Crippen molar-refractivity contribution in [3.8, 4) is 22.5 Å². The maximum absolute atomic E-state index is 12.5. The maximum atomic E-state index is 12.5. The van der Waals surface area contributed by atoms with E-state index in [4.69, 9.17) is 4.42 Å². The number of anilines is 1. The van der Waals surface area contributed by atoms with E-state index in [0.717, 1.165) is 59.4 Å². The number of hydrogen-bond acceptors (Lipinski definition) is 6. The van der Waals surface area contributed by atoms with E-state index in [-0.39, 0.29) is 4.90 Å². The number of thioether (sulfide) groups is 2. The minimum absolute atomic E-state index is 0.131. The molecule has 1 aliphatic heterocycles. The van der Waals surface area contributed by atoms with E-state index in [0.29, 0.717) is 22.5 Å². The molecule has 6 nitrogen and oxygen atoms in total. The van der Waals surface area contributed by atoms with Crippen LogP contribution in [0, 0.1) is 0 Å². The third kappa shape index (κ3) is 8.15. The Labute approximate surface area is 291 Å². The third-order valence-electron chi connectivity index (χ3n) is 8.30. The van der Waals surface area contributed by atoms with Crippen molar-refractivity contribution in [2.75, 3.05) is 43.6 Å². The number of fused-ring (bicyclic) bond motifs is 2. The third-order valence-corrected chi connectivity index (χ3v) is 11.4. The summed E-state index contributed by atoms with van der Waals surface area (Å²) >= 11 is 3.71. The summed E-state index contributed by atoms with van der Waals surface area (Å²) in [5, 5.41) is 1.78. The van der Waals surface area contributed by atoms with E-state index in [2.05, 4.69) is 72.1 Å². The number of rotatable bonds is 13. The fourth-order valence-electron chi connectivity index (χ4n) is 5.81. The molecule has 1 heterocycles. The Bertz CT molecular complexity index is 2150. The Kier molecular flexibility index (Phi) is 10.9. The van der Waals surface area contributed by atoms with Crippen LogP contribution in [0.25, 0.3) is 33.4 Å². The highest BCUT2D eigenvalue weighted by Gasteiger charge is 2.24. The minimum atomic E-state index is -4.48. The largest absolute Gasteiger partial charge is 0.456 e. The van der Waals surface area contributed by atoms with Gasteiger partial charge in [-0.3, -0.25) is 4.55 Å². The lowest BCUT2D eigenvalue weighted by atomic mass is 9.93. The summed E-state index contributed by atoms with van der Waals surface area (Å²) in [4.78, 5) is 4.62. The van der Waals surface area contributed by atoms with E-state index in [1.807, 2.05) is 72.1 Å². The molecule has 246 valence electrons. The molecule has 2 aliphatic rings. The van der Waals surface area contributed by atoms with Crippen LogP contribution in [-0.2, 0) is 10.1 Å². The van der Waals surface area contributed by atoms with E-state index < -0.39 is 10.1 Å². The van der Waals surface area contributed by atoms with Crippen molar-refractivity contribution in [3.63, 3.8) is 0 Å². The van der Waals surface area contributed by atoms with Gasteiger partial charge in [0.05, 0.1) is 6.07 Å². The lowest BCUT2D eigenvalue weighted by Gasteiger charge is -2.21. The van der Waals surface area contributed by atoms with Crippen molar-refractivity contribution in [1.82, 2.24) is 4.58 Å². The Morgan fingerprint density at radius 1 is 0.750 bits per heavy atom. The zero-order valence-corrected chi connectivity index (χ0v) is 29.5. The summed E-state index contributed by atoms with van der Waals surface area (Å²) in [7, 11) is -0.326. The molecule has 0 radical (unpaired) electrons. The van der Waals surface area contributed by atoms with Crippen molar-refractivity contribution in [1.29, 1.82) is 0 Å². The van der Waals surface area contributed by atoms with Crippen molar-refractivity contribution >= 4 is 50.3 Å². The number of hydrogen-bond donors (Lipinski definition) is 1. The maximum Gasteiger partial charge on any atom is 0.295 e. The highest BCUT2D eigenvalue weighted by molar-refractivity contribution is 7.99. The molecule has 0 amide bonds. The van der Waals surface area contributed by atoms with Gasteiger partial charge in [0.2, 0.25) is 5.36 Å². The summed E-state index contributed by atoms with van der Waals surface area (Å²) in [6.45, 7) is 1.74. The molecule has 1 aliphatic carbocycles. The van der Waals surface area contributed by atoms with Gasteiger partial charge in [-0.15, -0.1) is 23.5 Å². The zero-order chi connectivity index (χ0) is 33.5. The molecule has 0 fully saturated rings. The Morgan fingerprint density at radius 3 is 2.08 bits per heavy atom. The fourth-order valence-corrected chi connectivity index (χ4v) is 8.22. The van der Waals surface area contributed by atoms with Crippen molar-refractivity contribution in [2.45, 2.75) is 27.5 Å². The zero-order valence-electron chi connectivity index (χ0n) is 27.1. The van der Waals surface area contributed by atoms with Crippen LogP contribution in [-0.4, -0.2) is 51.7 Å². The first kappa shape index (κ1) is 33.9. The summed E-state index contributed by atoms with van der Waals surface area (Å²) in [5.74, 6) is 2.66. The first-order valence-electron chi connectivity index (χ1n) is 16.0. The Balaban J connectivity index is 1.34. The molecule has 0 aromatic heterocycles. The molecule has 9 heteroatoms. The van der Waals surface area contributed by atoms with E-state index in [1.54, 1.807) is 18.2 Å². The SMILES string of the molecule is CN(CCCSc1ccccc1)c1ccc2c(-c3ccccc3S(=O)(=O)O)c3ccc(=[N+](C)CCCSc4ccccc4)cc-3oc2c1. The second-order valence-corrected chi connectivity index (χ2v) is 15.4. The summed E-state index contributed by atoms with van der Waals surface area (Å²) < 4.78 is 44.1. The second-order valence-electron chi connectivity index (χ2n) is 11.7. The van der Waals surface area contributed by atoms with Crippen LogP contribution in [0.5, 0.6) is 0 Å². The standard InChI is InChI=1S/C39H38N2O4S3/c1-40(23-11-25-46-31-13-5-3-6-14-31)29-19-21-33-36(27-29)45-37-28-30(41(2)24-12-26-47-32-15-7-4-8-16-32)20-22-34(37)39(33)35-17-9-10-18-38(35)48(42,43)44/h3-10,13-22,27-28H,11-12,23-26H2,1-2H3/p+1.